The fourth-order valence-electron chi connectivity index (χ4n) is 2.63. The van der Waals surface area contributed by atoms with Crippen LogP contribution in [0, 0.1) is 11.3 Å². The van der Waals surface area contributed by atoms with Crippen LogP contribution in [0.1, 0.15) is 27.2 Å². The zero-order valence-electron chi connectivity index (χ0n) is 11.2. The second-order valence-electron chi connectivity index (χ2n) is 5.82. The van der Waals surface area contributed by atoms with E-state index in [1.165, 1.54) is 4.90 Å². The Morgan fingerprint density at radius 1 is 1.44 bits per heavy atom. The lowest BCUT2D eigenvalue weighted by atomic mass is 9.80. The molecule has 1 N–H and O–H groups in total. The average molecular weight is 279 g/mol. The largest absolute Gasteiger partial charge is 0.465 e. The molecule has 1 unspecified atom stereocenters. The highest BCUT2D eigenvalue weighted by Crippen LogP contribution is 2.37. The summed E-state index contributed by atoms with van der Waals surface area (Å²) < 4.78 is 26.8. The number of hydrogen-bond donors (Lipinski definition) is 1. The molecule has 0 aliphatic carbocycles. The second-order valence-corrected chi connectivity index (χ2v) is 7.47. The van der Waals surface area contributed by atoms with Gasteiger partial charge in [0.2, 0.25) is 0 Å². The van der Waals surface area contributed by atoms with Crippen LogP contribution in [-0.4, -0.2) is 50.0 Å². The van der Waals surface area contributed by atoms with Crippen molar-refractivity contribution < 1.29 is 22.5 Å². The number of nitrogens with zero attached hydrogens (tertiary/aromatic N) is 1. The number of hydrogen-bond acceptors (Lipinski definition) is 4. The second kappa shape index (κ2) is 5.05. The van der Waals surface area contributed by atoms with Crippen LogP contribution in [0.4, 0.5) is 4.79 Å². The fourth-order valence-corrected chi connectivity index (χ4v) is 3.05. The van der Waals surface area contributed by atoms with Gasteiger partial charge in [-0.2, -0.15) is 8.42 Å². The summed E-state index contributed by atoms with van der Waals surface area (Å²) in [4.78, 5) is 12.6. The SMILES string of the molecule is CC(C)(C)C1[C@H](COS(C)(=O)=O)CCN1C(=O)O. The molecule has 18 heavy (non-hydrogen) atoms. The molecule has 0 saturated carbocycles. The maximum absolute atomic E-state index is 11.2. The molecule has 0 aromatic heterocycles. The van der Waals surface area contributed by atoms with Crippen LogP contribution in [-0.2, 0) is 14.3 Å². The van der Waals surface area contributed by atoms with Gasteiger partial charge in [-0.1, -0.05) is 20.8 Å². The summed E-state index contributed by atoms with van der Waals surface area (Å²) in [5.41, 5.74) is -0.250. The number of amides is 1. The Morgan fingerprint density at radius 2 is 2.00 bits per heavy atom. The topological polar surface area (TPSA) is 83.9 Å². The van der Waals surface area contributed by atoms with Crippen molar-refractivity contribution >= 4 is 16.2 Å². The number of rotatable bonds is 3. The molecule has 6 nitrogen and oxygen atoms in total. The lowest BCUT2D eigenvalue weighted by molar-refractivity contribution is 0.0797. The zero-order chi connectivity index (χ0) is 14.1. The van der Waals surface area contributed by atoms with Gasteiger partial charge in [0.05, 0.1) is 12.9 Å². The Morgan fingerprint density at radius 3 is 2.39 bits per heavy atom. The van der Waals surface area contributed by atoms with Gasteiger partial charge in [0.1, 0.15) is 0 Å². The lowest BCUT2D eigenvalue weighted by Gasteiger charge is -2.36. The Bertz CT molecular complexity index is 412. The third kappa shape index (κ3) is 3.84. The number of likely N-dealkylation sites (tertiary alicyclic amines) is 1. The van der Waals surface area contributed by atoms with Gasteiger partial charge in [0.15, 0.2) is 0 Å². The van der Waals surface area contributed by atoms with Crippen LogP contribution < -0.4 is 0 Å². The molecular weight excluding hydrogens is 258 g/mol. The molecule has 106 valence electrons. The highest BCUT2D eigenvalue weighted by molar-refractivity contribution is 7.85. The summed E-state index contributed by atoms with van der Waals surface area (Å²) in [6.45, 7) is 6.32. The standard InChI is InChI=1S/C11H21NO5S/c1-11(2,3)9-8(7-17-18(4,15)16)5-6-12(9)10(13)14/h8-9H,5-7H2,1-4H3,(H,13,14)/t8-,9?/m0/s1. The van der Waals surface area contributed by atoms with Crippen LogP contribution in [0.3, 0.4) is 0 Å². The monoisotopic (exact) mass is 279 g/mol. The van der Waals surface area contributed by atoms with E-state index in [1.54, 1.807) is 0 Å². The molecule has 7 heteroatoms. The summed E-state index contributed by atoms with van der Waals surface area (Å²) in [5, 5.41) is 9.16. The minimum Gasteiger partial charge on any atom is -0.465 e. The predicted molar refractivity (Wildman–Crippen MR) is 66.9 cm³/mol. The number of carbonyl (C=O) groups is 1. The molecule has 1 fully saturated rings. The number of carboxylic acid groups (broad SMARTS) is 1. The first-order valence-corrected chi connectivity index (χ1v) is 7.68. The smallest absolute Gasteiger partial charge is 0.407 e. The van der Waals surface area contributed by atoms with E-state index in [0.29, 0.717) is 13.0 Å². The van der Waals surface area contributed by atoms with E-state index in [2.05, 4.69) is 0 Å². The molecule has 1 aliphatic heterocycles. The van der Waals surface area contributed by atoms with Crippen LogP contribution in [0.15, 0.2) is 0 Å². The molecule has 0 radical (unpaired) electrons. The van der Waals surface area contributed by atoms with E-state index >= 15 is 0 Å². The predicted octanol–water partition coefficient (Wildman–Crippen LogP) is 1.38. The Kier molecular flexibility index (Phi) is 4.27. The van der Waals surface area contributed by atoms with Crippen LogP contribution >= 0.6 is 0 Å². The molecule has 2 atom stereocenters. The quantitative estimate of drug-likeness (QED) is 0.789. The summed E-state index contributed by atoms with van der Waals surface area (Å²) in [7, 11) is -3.48. The van der Waals surface area contributed by atoms with E-state index in [1.807, 2.05) is 20.8 Å². The van der Waals surface area contributed by atoms with Gasteiger partial charge in [-0.25, -0.2) is 4.79 Å². The molecule has 1 amide bonds. The van der Waals surface area contributed by atoms with Crippen LogP contribution in [0.5, 0.6) is 0 Å². The maximum atomic E-state index is 11.2. The molecule has 1 rings (SSSR count). The summed E-state index contributed by atoms with van der Waals surface area (Å²) in [6.07, 6.45) is 0.670. The molecule has 1 heterocycles. The summed E-state index contributed by atoms with van der Waals surface area (Å²) >= 11 is 0. The van der Waals surface area contributed by atoms with Gasteiger partial charge in [-0.3, -0.25) is 4.18 Å². The average Bonchev–Trinajstić information content (AvgIpc) is 2.56. The van der Waals surface area contributed by atoms with Gasteiger partial charge in [0.25, 0.3) is 10.1 Å². The van der Waals surface area contributed by atoms with Crippen molar-refractivity contribution in [3.8, 4) is 0 Å². The third-order valence-corrected chi connectivity index (χ3v) is 3.72. The van der Waals surface area contributed by atoms with E-state index in [-0.39, 0.29) is 24.0 Å². The van der Waals surface area contributed by atoms with Gasteiger partial charge < -0.3 is 10.0 Å². The lowest BCUT2D eigenvalue weighted by Crippen LogP contribution is -2.46. The van der Waals surface area contributed by atoms with E-state index in [0.717, 1.165) is 6.26 Å². The molecule has 0 bridgehead atoms. The van der Waals surface area contributed by atoms with Gasteiger partial charge in [-0.05, 0) is 11.8 Å². The summed E-state index contributed by atoms with van der Waals surface area (Å²) in [5.74, 6) is -0.0872. The molecule has 1 aliphatic rings. The zero-order valence-corrected chi connectivity index (χ0v) is 12.0. The Hall–Kier alpha value is -0.820. The molecule has 1 saturated heterocycles. The third-order valence-electron chi connectivity index (χ3n) is 3.15. The van der Waals surface area contributed by atoms with Crippen molar-refractivity contribution in [3.05, 3.63) is 0 Å². The first kappa shape index (κ1) is 15.2. The minimum atomic E-state index is -3.48. The minimum absolute atomic E-state index is 0.0462. The Balaban J connectivity index is 2.83. The first-order chi connectivity index (χ1) is 8.02. The van der Waals surface area contributed by atoms with E-state index in [4.69, 9.17) is 9.29 Å². The highest BCUT2D eigenvalue weighted by Gasteiger charge is 2.44. The van der Waals surface area contributed by atoms with Crippen molar-refractivity contribution in [2.45, 2.75) is 33.2 Å². The Labute approximate surface area is 108 Å². The van der Waals surface area contributed by atoms with Crippen LogP contribution in [0.25, 0.3) is 0 Å². The van der Waals surface area contributed by atoms with Crippen molar-refractivity contribution in [2.24, 2.45) is 11.3 Å². The van der Waals surface area contributed by atoms with Crippen molar-refractivity contribution in [1.82, 2.24) is 4.90 Å². The van der Waals surface area contributed by atoms with Crippen molar-refractivity contribution in [3.63, 3.8) is 0 Å². The fraction of sp³-hybridized carbons (Fsp3) is 0.909. The van der Waals surface area contributed by atoms with Gasteiger partial charge >= 0.3 is 6.09 Å². The van der Waals surface area contributed by atoms with E-state index in [9.17, 15) is 13.2 Å². The summed E-state index contributed by atoms with van der Waals surface area (Å²) in [6, 6.07) is -0.225. The highest BCUT2D eigenvalue weighted by atomic mass is 32.2. The molecule has 0 aromatic carbocycles. The van der Waals surface area contributed by atoms with Crippen molar-refractivity contribution in [2.75, 3.05) is 19.4 Å². The van der Waals surface area contributed by atoms with Gasteiger partial charge in [0, 0.05) is 18.5 Å². The van der Waals surface area contributed by atoms with Gasteiger partial charge in [-0.15, -0.1) is 0 Å². The normalized spacial score (nSPS) is 25.4. The van der Waals surface area contributed by atoms with Crippen LogP contribution in [0.2, 0.25) is 0 Å². The molecular formula is C11H21NO5S. The maximum Gasteiger partial charge on any atom is 0.407 e. The van der Waals surface area contributed by atoms with E-state index < -0.39 is 16.2 Å². The molecule has 0 aromatic rings. The van der Waals surface area contributed by atoms with Crippen molar-refractivity contribution in [1.29, 1.82) is 0 Å². The first-order valence-electron chi connectivity index (χ1n) is 5.86. The molecule has 0 spiro atoms.